The Kier molecular flexibility index (Phi) is 5.36. The van der Waals surface area contributed by atoms with Crippen LogP contribution in [0.2, 0.25) is 0 Å². The van der Waals surface area contributed by atoms with Crippen molar-refractivity contribution in [3.63, 3.8) is 0 Å². The lowest BCUT2D eigenvalue weighted by atomic mass is 10.2. The van der Waals surface area contributed by atoms with Gasteiger partial charge in [0.05, 0.1) is 17.1 Å². The van der Waals surface area contributed by atoms with Crippen molar-refractivity contribution in [2.45, 2.75) is 35.9 Å². The topological polar surface area (TPSA) is 148 Å². The van der Waals surface area contributed by atoms with Crippen molar-refractivity contribution in [2.24, 2.45) is 0 Å². The molecule has 1 fully saturated rings. The fraction of sp³-hybridized carbons (Fsp3) is 0.462. The maximum Gasteiger partial charge on any atom is 0.404 e. The van der Waals surface area contributed by atoms with Crippen LogP contribution in [-0.4, -0.2) is 49.8 Å². The summed E-state index contributed by atoms with van der Waals surface area (Å²) in [7, 11) is -2.77. The monoisotopic (exact) mass is 359 g/mol. The average Bonchev–Trinajstić information content (AvgIpc) is 2.87. The third-order valence-corrected chi connectivity index (χ3v) is 5.33. The lowest BCUT2D eigenvalue weighted by Crippen LogP contribution is -2.41. The minimum Gasteiger partial charge on any atom is -0.465 e. The zero-order chi connectivity index (χ0) is 17.9. The van der Waals surface area contributed by atoms with E-state index in [1.807, 2.05) is 0 Å². The molecule has 10 nitrogen and oxygen atoms in total. The van der Waals surface area contributed by atoms with Gasteiger partial charge in [-0.3, -0.25) is 10.1 Å². The number of methoxy groups -OCH3 is 1. The normalized spacial score (nSPS) is 23.8. The molecule has 0 saturated heterocycles. The standard InChI is InChI=1S/C13H17N3O7S/c1-23-11-7-8(14-13(17)18)6-9(11)15-24(21,22)12-5-3-2-4-10(12)16(19)20/h2-5,8-9,11,14-15H,6-7H2,1H3,(H,17,18)/t8-,9+,11-/m1/s1. The summed E-state index contributed by atoms with van der Waals surface area (Å²) < 4.78 is 32.6. The number of nitro benzene ring substituents is 1. The molecule has 0 bridgehead atoms. The Morgan fingerprint density at radius 3 is 2.62 bits per heavy atom. The van der Waals surface area contributed by atoms with Crippen molar-refractivity contribution in [1.82, 2.24) is 10.0 Å². The molecule has 1 aliphatic rings. The molecule has 1 amide bonds. The van der Waals surface area contributed by atoms with Gasteiger partial charge in [0.1, 0.15) is 0 Å². The highest BCUT2D eigenvalue weighted by molar-refractivity contribution is 7.89. The van der Waals surface area contributed by atoms with Crippen LogP contribution in [0.3, 0.4) is 0 Å². The number of para-hydroxylation sites is 1. The second-order valence-corrected chi connectivity index (χ2v) is 7.03. The summed E-state index contributed by atoms with van der Waals surface area (Å²) in [5.41, 5.74) is -0.530. The number of hydrogen-bond donors (Lipinski definition) is 3. The van der Waals surface area contributed by atoms with Crippen LogP contribution < -0.4 is 10.0 Å². The van der Waals surface area contributed by atoms with Crippen molar-refractivity contribution in [3.05, 3.63) is 34.4 Å². The number of hydrogen-bond acceptors (Lipinski definition) is 6. The fourth-order valence-corrected chi connectivity index (χ4v) is 4.22. The molecule has 0 spiro atoms. The number of carboxylic acid groups (broad SMARTS) is 1. The number of sulfonamides is 1. The van der Waals surface area contributed by atoms with E-state index in [1.165, 1.54) is 19.2 Å². The van der Waals surface area contributed by atoms with Crippen LogP contribution in [0.5, 0.6) is 0 Å². The van der Waals surface area contributed by atoms with Crippen LogP contribution in [0, 0.1) is 10.1 Å². The molecule has 3 N–H and O–H groups in total. The van der Waals surface area contributed by atoms with Crippen LogP contribution >= 0.6 is 0 Å². The molecule has 1 aromatic carbocycles. The number of nitrogens with one attached hydrogen (secondary N) is 2. The molecule has 1 saturated carbocycles. The highest BCUT2D eigenvalue weighted by Gasteiger charge is 2.39. The minimum atomic E-state index is -4.16. The van der Waals surface area contributed by atoms with Gasteiger partial charge in [0, 0.05) is 19.2 Å². The van der Waals surface area contributed by atoms with Gasteiger partial charge in [0.15, 0.2) is 4.90 Å². The van der Waals surface area contributed by atoms with E-state index in [2.05, 4.69) is 10.0 Å². The first-order valence-electron chi connectivity index (χ1n) is 7.02. The Balaban J connectivity index is 2.23. The first-order valence-corrected chi connectivity index (χ1v) is 8.51. The zero-order valence-corrected chi connectivity index (χ0v) is 13.5. The van der Waals surface area contributed by atoms with Crippen molar-refractivity contribution >= 4 is 21.8 Å². The first kappa shape index (κ1) is 18.1. The van der Waals surface area contributed by atoms with Gasteiger partial charge in [-0.05, 0) is 18.9 Å². The summed E-state index contributed by atoms with van der Waals surface area (Å²) in [6.07, 6.45) is -1.27. The van der Waals surface area contributed by atoms with Gasteiger partial charge in [0.25, 0.3) is 5.69 Å². The van der Waals surface area contributed by atoms with Crippen molar-refractivity contribution in [1.29, 1.82) is 0 Å². The molecule has 1 aromatic rings. The number of nitro groups is 1. The summed E-state index contributed by atoms with van der Waals surface area (Å²) in [6, 6.07) is 3.84. The minimum absolute atomic E-state index is 0.185. The molecule has 0 radical (unpaired) electrons. The molecule has 0 aliphatic heterocycles. The van der Waals surface area contributed by atoms with Gasteiger partial charge >= 0.3 is 6.09 Å². The zero-order valence-electron chi connectivity index (χ0n) is 12.7. The van der Waals surface area contributed by atoms with E-state index in [9.17, 15) is 23.3 Å². The third kappa shape index (κ3) is 3.99. The summed E-state index contributed by atoms with van der Waals surface area (Å²) in [5.74, 6) is 0. The predicted octanol–water partition coefficient (Wildman–Crippen LogP) is 0.687. The van der Waals surface area contributed by atoms with Gasteiger partial charge in [-0.2, -0.15) is 0 Å². The second kappa shape index (κ2) is 7.11. The molecule has 132 valence electrons. The molecule has 3 atom stereocenters. The van der Waals surface area contributed by atoms with Crippen molar-refractivity contribution in [2.75, 3.05) is 7.11 Å². The van der Waals surface area contributed by atoms with Crippen molar-refractivity contribution in [3.8, 4) is 0 Å². The lowest BCUT2D eigenvalue weighted by molar-refractivity contribution is -0.387. The van der Waals surface area contributed by atoms with Gasteiger partial charge in [-0.15, -0.1) is 0 Å². The molecular weight excluding hydrogens is 342 g/mol. The molecule has 0 aromatic heterocycles. The lowest BCUT2D eigenvalue weighted by Gasteiger charge is -2.19. The maximum absolute atomic E-state index is 12.5. The van der Waals surface area contributed by atoms with E-state index in [1.54, 1.807) is 0 Å². The molecule has 0 unspecified atom stereocenters. The SMILES string of the molecule is CO[C@@H]1C[C@H](NC(=O)O)C[C@@H]1NS(=O)(=O)c1ccccc1[N+](=O)[O-]. The summed E-state index contributed by atoms with van der Waals surface area (Å²) in [6.45, 7) is 0. The van der Waals surface area contributed by atoms with Crippen LogP contribution in [0.4, 0.5) is 10.5 Å². The average molecular weight is 359 g/mol. The Morgan fingerprint density at radius 1 is 1.38 bits per heavy atom. The maximum atomic E-state index is 12.5. The molecular formula is C13H17N3O7S. The molecule has 1 aliphatic carbocycles. The Hall–Kier alpha value is -2.24. The summed E-state index contributed by atoms with van der Waals surface area (Å²) in [4.78, 5) is 20.5. The number of ether oxygens (including phenoxy) is 1. The van der Waals surface area contributed by atoms with E-state index < -0.39 is 49.8 Å². The highest BCUT2D eigenvalue weighted by Crippen LogP contribution is 2.27. The number of carbonyl (C=O) groups is 1. The predicted molar refractivity (Wildman–Crippen MR) is 82.2 cm³/mol. The largest absolute Gasteiger partial charge is 0.465 e. The van der Waals surface area contributed by atoms with Gasteiger partial charge in [0.2, 0.25) is 10.0 Å². The van der Waals surface area contributed by atoms with Crippen LogP contribution in [0.1, 0.15) is 12.8 Å². The third-order valence-electron chi connectivity index (χ3n) is 3.79. The fourth-order valence-electron chi connectivity index (χ4n) is 2.77. The molecule has 0 heterocycles. The Bertz CT molecular complexity index is 737. The van der Waals surface area contributed by atoms with Crippen LogP contribution in [0.15, 0.2) is 29.2 Å². The molecule has 11 heteroatoms. The summed E-state index contributed by atoms with van der Waals surface area (Å²) >= 11 is 0. The molecule has 2 rings (SSSR count). The first-order chi connectivity index (χ1) is 11.2. The highest BCUT2D eigenvalue weighted by atomic mass is 32.2. The van der Waals surface area contributed by atoms with Gasteiger partial charge < -0.3 is 15.2 Å². The molecule has 24 heavy (non-hydrogen) atoms. The van der Waals surface area contributed by atoms with Gasteiger partial charge in [-0.1, -0.05) is 12.1 Å². The van der Waals surface area contributed by atoms with Crippen LogP contribution in [0.25, 0.3) is 0 Å². The number of rotatable bonds is 6. The number of nitrogens with zero attached hydrogens (tertiary/aromatic N) is 1. The Morgan fingerprint density at radius 2 is 2.04 bits per heavy atom. The van der Waals surface area contributed by atoms with Gasteiger partial charge in [-0.25, -0.2) is 17.9 Å². The van der Waals surface area contributed by atoms with E-state index >= 15 is 0 Å². The van der Waals surface area contributed by atoms with E-state index in [0.29, 0.717) is 6.42 Å². The van der Waals surface area contributed by atoms with E-state index in [0.717, 1.165) is 12.1 Å². The van der Waals surface area contributed by atoms with E-state index in [4.69, 9.17) is 9.84 Å². The number of benzene rings is 1. The smallest absolute Gasteiger partial charge is 0.404 e. The number of amides is 1. The second-order valence-electron chi connectivity index (χ2n) is 5.34. The van der Waals surface area contributed by atoms with Crippen molar-refractivity contribution < 1.29 is 28.0 Å². The Labute approximate surface area is 138 Å². The summed E-state index contributed by atoms with van der Waals surface area (Å²) in [5, 5.41) is 22.1. The van der Waals surface area contributed by atoms with Crippen LogP contribution in [-0.2, 0) is 14.8 Å². The van der Waals surface area contributed by atoms with E-state index in [-0.39, 0.29) is 6.42 Å². The quantitative estimate of drug-likeness (QED) is 0.500.